The van der Waals surface area contributed by atoms with Gasteiger partial charge >= 0.3 is 0 Å². The van der Waals surface area contributed by atoms with Gasteiger partial charge in [0.15, 0.2) is 0 Å². The van der Waals surface area contributed by atoms with Crippen LogP contribution < -0.4 is 10.6 Å². The van der Waals surface area contributed by atoms with Crippen LogP contribution in [0.5, 0.6) is 0 Å². The van der Waals surface area contributed by atoms with Gasteiger partial charge in [0.05, 0.1) is 5.92 Å². The molecule has 0 aromatic carbocycles. The third kappa shape index (κ3) is 2.22. The maximum atomic E-state index is 11.2. The Morgan fingerprint density at radius 3 is 3.00 bits per heavy atom. The minimum absolute atomic E-state index is 0.00444. The summed E-state index contributed by atoms with van der Waals surface area (Å²) in [6.45, 7) is 3.19. The van der Waals surface area contributed by atoms with Gasteiger partial charge in [-0.25, -0.2) is 0 Å². The number of rotatable bonds is 3. The molecule has 2 N–H and O–H groups in total. The van der Waals surface area contributed by atoms with Crippen molar-refractivity contribution in [3.05, 3.63) is 0 Å². The highest BCUT2D eigenvalue weighted by Crippen LogP contribution is 2.08. The van der Waals surface area contributed by atoms with E-state index in [0.29, 0.717) is 19.5 Å². The molecule has 0 aliphatic carbocycles. The third-order valence-corrected chi connectivity index (χ3v) is 1.90. The van der Waals surface area contributed by atoms with E-state index in [1.54, 1.807) is 0 Å². The molecule has 1 fully saturated rings. The lowest BCUT2D eigenvalue weighted by molar-refractivity contribution is -0.126. The van der Waals surface area contributed by atoms with Gasteiger partial charge in [-0.3, -0.25) is 9.59 Å². The van der Waals surface area contributed by atoms with Crippen molar-refractivity contribution in [3.63, 3.8) is 0 Å². The molecule has 0 aromatic heterocycles. The first-order valence-electron chi connectivity index (χ1n) is 4.28. The number of amides is 2. The lowest BCUT2D eigenvalue weighted by atomic mass is 10.1. The van der Waals surface area contributed by atoms with Crippen LogP contribution in [0.25, 0.3) is 0 Å². The second kappa shape index (κ2) is 4.09. The smallest absolute Gasteiger partial charge is 0.225 e. The number of carbonyl (C=O) groups is 2. The quantitative estimate of drug-likeness (QED) is 0.608. The molecule has 1 atom stereocenters. The first-order chi connectivity index (χ1) is 5.74. The van der Waals surface area contributed by atoms with Crippen LogP contribution in [0, 0.1) is 5.92 Å². The molecule has 1 unspecified atom stereocenters. The number of carbonyl (C=O) groups excluding carboxylic acids is 2. The van der Waals surface area contributed by atoms with E-state index in [1.807, 2.05) is 6.92 Å². The largest absolute Gasteiger partial charge is 0.356 e. The first-order valence-corrected chi connectivity index (χ1v) is 4.28. The van der Waals surface area contributed by atoms with Crippen LogP contribution >= 0.6 is 0 Å². The average Bonchev–Trinajstić information content (AvgIpc) is 2.47. The van der Waals surface area contributed by atoms with Crippen molar-refractivity contribution in [2.24, 2.45) is 5.92 Å². The summed E-state index contributed by atoms with van der Waals surface area (Å²) >= 11 is 0. The van der Waals surface area contributed by atoms with Crippen LogP contribution in [-0.2, 0) is 9.59 Å². The molecular weight excluding hydrogens is 156 g/mol. The fourth-order valence-corrected chi connectivity index (χ4v) is 1.18. The predicted molar refractivity (Wildman–Crippen MR) is 44.4 cm³/mol. The summed E-state index contributed by atoms with van der Waals surface area (Å²) < 4.78 is 0. The van der Waals surface area contributed by atoms with Crippen molar-refractivity contribution in [1.82, 2.24) is 10.6 Å². The van der Waals surface area contributed by atoms with Gasteiger partial charge in [-0.15, -0.1) is 0 Å². The Bertz CT molecular complexity index is 191. The Morgan fingerprint density at radius 2 is 2.50 bits per heavy atom. The van der Waals surface area contributed by atoms with Crippen molar-refractivity contribution in [2.45, 2.75) is 19.8 Å². The fraction of sp³-hybridized carbons (Fsp3) is 0.750. The minimum Gasteiger partial charge on any atom is -0.356 e. The van der Waals surface area contributed by atoms with Crippen molar-refractivity contribution in [3.8, 4) is 0 Å². The number of nitrogens with one attached hydrogen (secondary N) is 2. The summed E-state index contributed by atoms with van der Waals surface area (Å²) in [6, 6.07) is 0. The van der Waals surface area contributed by atoms with E-state index in [4.69, 9.17) is 0 Å². The molecule has 0 spiro atoms. The number of hydrogen-bond donors (Lipinski definition) is 2. The molecule has 4 nitrogen and oxygen atoms in total. The second-order valence-corrected chi connectivity index (χ2v) is 3.00. The van der Waals surface area contributed by atoms with Crippen LogP contribution in [0.1, 0.15) is 19.8 Å². The van der Waals surface area contributed by atoms with Crippen LogP contribution in [0.15, 0.2) is 0 Å². The van der Waals surface area contributed by atoms with E-state index >= 15 is 0 Å². The molecule has 68 valence electrons. The van der Waals surface area contributed by atoms with E-state index in [2.05, 4.69) is 10.6 Å². The van der Waals surface area contributed by atoms with Gasteiger partial charge in [0, 0.05) is 19.5 Å². The van der Waals surface area contributed by atoms with Crippen LogP contribution in [-0.4, -0.2) is 24.9 Å². The van der Waals surface area contributed by atoms with Crippen molar-refractivity contribution in [1.29, 1.82) is 0 Å². The second-order valence-electron chi connectivity index (χ2n) is 3.00. The topological polar surface area (TPSA) is 58.2 Å². The molecule has 0 bridgehead atoms. The molecule has 1 aliphatic rings. The molecule has 2 amide bonds. The van der Waals surface area contributed by atoms with E-state index in [0.717, 1.165) is 6.42 Å². The van der Waals surface area contributed by atoms with E-state index < -0.39 is 0 Å². The highest BCUT2D eigenvalue weighted by molar-refractivity contribution is 5.89. The number of hydrogen-bond acceptors (Lipinski definition) is 2. The molecule has 12 heavy (non-hydrogen) atoms. The molecule has 1 rings (SSSR count). The molecule has 1 aliphatic heterocycles. The molecule has 0 aromatic rings. The zero-order valence-corrected chi connectivity index (χ0v) is 7.22. The van der Waals surface area contributed by atoms with E-state index in [9.17, 15) is 9.59 Å². The van der Waals surface area contributed by atoms with Crippen molar-refractivity contribution < 1.29 is 9.59 Å². The van der Waals surface area contributed by atoms with E-state index in [1.165, 1.54) is 0 Å². The maximum absolute atomic E-state index is 11.2. The Labute approximate surface area is 71.7 Å². The zero-order valence-electron chi connectivity index (χ0n) is 7.22. The van der Waals surface area contributed by atoms with Crippen LogP contribution in [0.2, 0.25) is 0 Å². The molecular formula is C8H14N2O2. The minimum atomic E-state index is -0.149. The van der Waals surface area contributed by atoms with Crippen molar-refractivity contribution >= 4 is 11.8 Å². The van der Waals surface area contributed by atoms with Crippen LogP contribution in [0.4, 0.5) is 0 Å². The lowest BCUT2D eigenvalue weighted by Crippen LogP contribution is -2.32. The first kappa shape index (κ1) is 9.03. The highest BCUT2D eigenvalue weighted by atomic mass is 16.2. The standard InChI is InChI=1S/C8H14N2O2/c1-2-3-9-8(12)6-4-7(11)10-5-6/h6H,2-5H2,1H3,(H,9,12)(H,10,11). The molecule has 0 radical (unpaired) electrons. The van der Waals surface area contributed by atoms with Gasteiger partial charge in [0.1, 0.15) is 0 Å². The average molecular weight is 170 g/mol. The third-order valence-electron chi connectivity index (χ3n) is 1.90. The summed E-state index contributed by atoms with van der Waals surface area (Å²) in [5.74, 6) is -0.175. The summed E-state index contributed by atoms with van der Waals surface area (Å²) in [7, 11) is 0. The molecule has 0 saturated carbocycles. The Morgan fingerprint density at radius 1 is 1.75 bits per heavy atom. The summed E-state index contributed by atoms with van der Waals surface area (Å²) in [6.07, 6.45) is 1.27. The Kier molecular flexibility index (Phi) is 3.08. The summed E-state index contributed by atoms with van der Waals surface area (Å²) in [4.78, 5) is 22.0. The van der Waals surface area contributed by atoms with Gasteiger partial charge in [-0.05, 0) is 6.42 Å². The highest BCUT2D eigenvalue weighted by Gasteiger charge is 2.27. The van der Waals surface area contributed by atoms with Gasteiger partial charge in [-0.2, -0.15) is 0 Å². The monoisotopic (exact) mass is 170 g/mol. The Hall–Kier alpha value is -1.06. The summed E-state index contributed by atoms with van der Waals surface area (Å²) in [5, 5.41) is 5.39. The Balaban J connectivity index is 2.28. The zero-order chi connectivity index (χ0) is 8.97. The summed E-state index contributed by atoms with van der Waals surface area (Å²) in [5.41, 5.74) is 0. The van der Waals surface area contributed by atoms with E-state index in [-0.39, 0.29) is 17.7 Å². The van der Waals surface area contributed by atoms with Crippen LogP contribution in [0.3, 0.4) is 0 Å². The maximum Gasteiger partial charge on any atom is 0.225 e. The lowest BCUT2D eigenvalue weighted by Gasteiger charge is -2.06. The van der Waals surface area contributed by atoms with Crippen molar-refractivity contribution in [2.75, 3.05) is 13.1 Å². The molecule has 4 heteroatoms. The van der Waals surface area contributed by atoms with Gasteiger partial charge in [0.25, 0.3) is 0 Å². The fourth-order valence-electron chi connectivity index (χ4n) is 1.18. The van der Waals surface area contributed by atoms with Gasteiger partial charge in [-0.1, -0.05) is 6.92 Å². The van der Waals surface area contributed by atoms with Gasteiger partial charge < -0.3 is 10.6 Å². The van der Waals surface area contributed by atoms with Gasteiger partial charge in [0.2, 0.25) is 11.8 Å². The molecule has 1 heterocycles. The SMILES string of the molecule is CCCNC(=O)C1CNC(=O)C1. The molecule has 1 saturated heterocycles. The predicted octanol–water partition coefficient (Wildman–Crippen LogP) is -0.351. The normalized spacial score (nSPS) is 22.1.